The Morgan fingerprint density at radius 3 is 2.41 bits per heavy atom. The minimum absolute atomic E-state index is 0.399. The van der Waals surface area contributed by atoms with E-state index in [2.05, 4.69) is 5.16 Å². The van der Waals surface area contributed by atoms with Crippen LogP contribution in [0, 0.1) is 6.92 Å². The zero-order valence-corrected chi connectivity index (χ0v) is 17.8. The van der Waals surface area contributed by atoms with Gasteiger partial charge in [-0.3, -0.25) is 4.79 Å². The normalized spacial score (nSPS) is 10.7. The molecule has 1 aromatic heterocycles. The van der Waals surface area contributed by atoms with Gasteiger partial charge in [0.25, 0.3) is 0 Å². The van der Waals surface area contributed by atoms with Gasteiger partial charge in [0.1, 0.15) is 11.4 Å². The lowest BCUT2D eigenvalue weighted by Crippen LogP contribution is -2.24. The second-order valence-corrected chi connectivity index (χ2v) is 7.09. The Bertz CT molecular complexity index is 1000. The number of ether oxygens (including phenoxy) is 2. The zero-order chi connectivity index (χ0) is 21.0. The minimum atomic E-state index is 0.399. The van der Waals surface area contributed by atoms with E-state index < -0.39 is 0 Å². The van der Waals surface area contributed by atoms with Crippen LogP contribution in [0.5, 0.6) is 11.5 Å². The van der Waals surface area contributed by atoms with Crippen molar-refractivity contribution in [2.75, 3.05) is 25.7 Å². The number of rotatable bonds is 8. The number of halogens is 2. The number of hydrogen-bond donors (Lipinski definition) is 0. The molecule has 0 spiro atoms. The van der Waals surface area contributed by atoms with E-state index in [1.165, 1.54) is 4.90 Å². The molecule has 0 bridgehead atoms. The highest BCUT2D eigenvalue weighted by atomic mass is 35.5. The largest absolute Gasteiger partial charge is 0.493 e. The molecule has 0 atom stereocenters. The van der Waals surface area contributed by atoms with Crippen LogP contribution in [0.1, 0.15) is 11.3 Å². The van der Waals surface area contributed by atoms with Crippen molar-refractivity contribution in [3.8, 4) is 22.8 Å². The zero-order valence-electron chi connectivity index (χ0n) is 16.2. The van der Waals surface area contributed by atoms with Crippen molar-refractivity contribution in [2.24, 2.45) is 0 Å². The van der Waals surface area contributed by atoms with Crippen molar-refractivity contribution in [1.82, 2.24) is 5.16 Å². The molecule has 8 heteroatoms. The third kappa shape index (κ3) is 4.33. The molecule has 2 aromatic carbocycles. The maximum absolute atomic E-state index is 11.9. The Hall–Kier alpha value is -2.70. The minimum Gasteiger partial charge on any atom is -0.493 e. The molecular formula is C21H20Cl2N2O4. The molecule has 0 saturated carbocycles. The number of amides is 1. The highest BCUT2D eigenvalue weighted by Crippen LogP contribution is 2.40. The molecule has 0 radical (unpaired) electrons. The van der Waals surface area contributed by atoms with Gasteiger partial charge < -0.3 is 18.9 Å². The van der Waals surface area contributed by atoms with Crippen LogP contribution in [-0.4, -0.2) is 32.3 Å². The standard InChI is InChI=1S/C21H20Cl2N2O4/c1-13-21(20(24-29-13)19-15(22)5-4-6-16(19)23)25(12-26)10-9-14-7-8-17(27-2)18(11-14)28-3/h4-8,11-12H,9-10H2,1-3H3. The van der Waals surface area contributed by atoms with Gasteiger partial charge >= 0.3 is 0 Å². The Morgan fingerprint density at radius 1 is 1.10 bits per heavy atom. The maximum atomic E-state index is 11.9. The summed E-state index contributed by atoms with van der Waals surface area (Å²) in [6.45, 7) is 2.14. The summed E-state index contributed by atoms with van der Waals surface area (Å²) in [6, 6.07) is 10.8. The molecule has 1 heterocycles. The number of anilines is 1. The predicted molar refractivity (Wildman–Crippen MR) is 113 cm³/mol. The van der Waals surface area contributed by atoms with Crippen molar-refractivity contribution in [1.29, 1.82) is 0 Å². The molecule has 0 saturated heterocycles. The van der Waals surface area contributed by atoms with Crippen LogP contribution in [-0.2, 0) is 11.2 Å². The first-order chi connectivity index (χ1) is 14.0. The highest BCUT2D eigenvalue weighted by Gasteiger charge is 2.24. The molecule has 152 valence electrons. The Labute approximate surface area is 178 Å². The van der Waals surface area contributed by atoms with E-state index in [0.717, 1.165) is 12.0 Å². The fraction of sp³-hybridized carbons (Fsp3) is 0.238. The molecule has 3 aromatic rings. The van der Waals surface area contributed by atoms with Crippen LogP contribution in [0.25, 0.3) is 11.3 Å². The van der Waals surface area contributed by atoms with Crippen LogP contribution < -0.4 is 14.4 Å². The third-order valence-electron chi connectivity index (χ3n) is 4.53. The molecule has 6 nitrogen and oxygen atoms in total. The fourth-order valence-electron chi connectivity index (χ4n) is 3.10. The summed E-state index contributed by atoms with van der Waals surface area (Å²) in [5.74, 6) is 1.77. The van der Waals surface area contributed by atoms with Crippen molar-refractivity contribution < 1.29 is 18.8 Å². The fourth-order valence-corrected chi connectivity index (χ4v) is 3.67. The van der Waals surface area contributed by atoms with Crippen LogP contribution in [0.4, 0.5) is 5.69 Å². The number of carbonyl (C=O) groups excluding carboxylic acids is 1. The van der Waals surface area contributed by atoms with E-state index in [4.69, 9.17) is 37.2 Å². The van der Waals surface area contributed by atoms with E-state index in [1.807, 2.05) is 18.2 Å². The van der Waals surface area contributed by atoms with Crippen LogP contribution in [0.15, 0.2) is 40.9 Å². The van der Waals surface area contributed by atoms with Gasteiger partial charge in [0, 0.05) is 12.1 Å². The van der Waals surface area contributed by atoms with Gasteiger partial charge in [-0.25, -0.2) is 0 Å². The lowest BCUT2D eigenvalue weighted by Gasteiger charge is -2.18. The molecule has 0 aliphatic rings. The highest BCUT2D eigenvalue weighted by molar-refractivity contribution is 6.39. The SMILES string of the molecule is COc1ccc(CCN(C=O)c2c(-c3c(Cl)cccc3Cl)noc2C)cc1OC. The summed E-state index contributed by atoms with van der Waals surface area (Å²) in [5, 5.41) is 4.96. The van der Waals surface area contributed by atoms with Gasteiger partial charge in [0.15, 0.2) is 17.3 Å². The van der Waals surface area contributed by atoms with E-state index in [1.54, 1.807) is 39.3 Å². The number of hydrogen-bond acceptors (Lipinski definition) is 5. The van der Waals surface area contributed by atoms with Crippen molar-refractivity contribution in [3.05, 3.63) is 57.8 Å². The number of carbonyl (C=O) groups is 1. The lowest BCUT2D eigenvalue weighted by atomic mass is 10.1. The smallest absolute Gasteiger partial charge is 0.214 e. The van der Waals surface area contributed by atoms with E-state index >= 15 is 0 Å². The first kappa shape index (κ1) is 21.0. The van der Waals surface area contributed by atoms with Gasteiger partial charge in [-0.2, -0.15) is 0 Å². The summed E-state index contributed by atoms with van der Waals surface area (Å²) in [6.07, 6.45) is 1.33. The molecule has 0 unspecified atom stereocenters. The number of aromatic nitrogens is 1. The van der Waals surface area contributed by atoms with Crippen molar-refractivity contribution >= 4 is 35.3 Å². The van der Waals surface area contributed by atoms with Crippen LogP contribution in [0.2, 0.25) is 10.0 Å². The van der Waals surface area contributed by atoms with Gasteiger partial charge in [-0.1, -0.05) is 40.5 Å². The second-order valence-electron chi connectivity index (χ2n) is 6.27. The molecule has 29 heavy (non-hydrogen) atoms. The van der Waals surface area contributed by atoms with Gasteiger partial charge in [0.05, 0.1) is 24.3 Å². The molecule has 0 fully saturated rings. The summed E-state index contributed by atoms with van der Waals surface area (Å²) < 4.78 is 16.0. The molecule has 0 aliphatic heterocycles. The lowest BCUT2D eigenvalue weighted by molar-refractivity contribution is -0.107. The average molecular weight is 435 g/mol. The average Bonchev–Trinajstić information content (AvgIpc) is 3.09. The van der Waals surface area contributed by atoms with E-state index in [-0.39, 0.29) is 0 Å². The Kier molecular flexibility index (Phi) is 6.67. The van der Waals surface area contributed by atoms with E-state index in [0.29, 0.717) is 57.2 Å². The second kappa shape index (κ2) is 9.20. The van der Waals surface area contributed by atoms with Gasteiger partial charge in [-0.05, 0) is 43.2 Å². The summed E-state index contributed by atoms with van der Waals surface area (Å²) >= 11 is 12.7. The number of methoxy groups -OCH3 is 2. The molecule has 1 amide bonds. The van der Waals surface area contributed by atoms with Gasteiger partial charge in [-0.15, -0.1) is 0 Å². The molecule has 3 rings (SSSR count). The summed E-state index contributed by atoms with van der Waals surface area (Å²) in [4.78, 5) is 13.4. The summed E-state index contributed by atoms with van der Waals surface area (Å²) in [7, 11) is 3.17. The van der Waals surface area contributed by atoms with Gasteiger partial charge in [0.2, 0.25) is 6.41 Å². The van der Waals surface area contributed by atoms with E-state index in [9.17, 15) is 4.79 Å². The quantitative estimate of drug-likeness (QED) is 0.457. The first-order valence-electron chi connectivity index (χ1n) is 8.83. The van der Waals surface area contributed by atoms with Crippen LogP contribution in [0.3, 0.4) is 0 Å². The monoisotopic (exact) mass is 434 g/mol. The molecule has 0 N–H and O–H groups in total. The maximum Gasteiger partial charge on any atom is 0.214 e. The van der Waals surface area contributed by atoms with Crippen LogP contribution >= 0.6 is 23.2 Å². The molecule has 0 aliphatic carbocycles. The van der Waals surface area contributed by atoms with Crippen molar-refractivity contribution in [3.63, 3.8) is 0 Å². The first-order valence-corrected chi connectivity index (χ1v) is 9.59. The van der Waals surface area contributed by atoms with Crippen molar-refractivity contribution in [2.45, 2.75) is 13.3 Å². The molecular weight excluding hydrogens is 415 g/mol. The Balaban J connectivity index is 1.90. The third-order valence-corrected chi connectivity index (χ3v) is 5.16. The Morgan fingerprint density at radius 2 is 1.79 bits per heavy atom. The number of benzene rings is 2. The predicted octanol–water partition coefficient (Wildman–Crippen LogP) is 5.18. The summed E-state index contributed by atoms with van der Waals surface area (Å²) in [5.41, 5.74) is 2.48. The number of nitrogens with zero attached hydrogens (tertiary/aromatic N) is 2. The topological polar surface area (TPSA) is 64.8 Å². The number of aryl methyl sites for hydroxylation is 1.